The molecule has 134 valence electrons. The van der Waals surface area contributed by atoms with Gasteiger partial charge in [0, 0.05) is 35.5 Å². The highest BCUT2D eigenvalue weighted by Crippen LogP contribution is 2.26. The monoisotopic (exact) mass is 373 g/mol. The Morgan fingerprint density at radius 1 is 1.35 bits per heavy atom. The number of ether oxygens (including phenoxy) is 1. The molecule has 0 fully saturated rings. The summed E-state index contributed by atoms with van der Waals surface area (Å²) in [7, 11) is 0. The van der Waals surface area contributed by atoms with Crippen molar-refractivity contribution >= 4 is 35.1 Å². The number of aliphatic imine (C=N–C) groups is 1. The summed E-state index contributed by atoms with van der Waals surface area (Å²) in [5.74, 6) is 0.299. The molecule has 0 unspecified atom stereocenters. The van der Waals surface area contributed by atoms with Gasteiger partial charge in [0.2, 0.25) is 0 Å². The van der Waals surface area contributed by atoms with Gasteiger partial charge in [-0.25, -0.2) is 0 Å². The van der Waals surface area contributed by atoms with Crippen LogP contribution in [-0.2, 0) is 4.79 Å². The standard InChI is InChI=1S/C18H16ClN3O4/c1-12-8-15(3-4-16(12)19)26-11-18(23)21-7-6-20-10-13-9-14(22(24)25)2-5-17(13)21/h2-5,8-10H,6-7,11H2,1H3. The smallest absolute Gasteiger partial charge is 0.270 e. The summed E-state index contributed by atoms with van der Waals surface area (Å²) in [6.45, 7) is 2.49. The number of hydrogen-bond acceptors (Lipinski definition) is 5. The molecule has 0 bridgehead atoms. The van der Waals surface area contributed by atoms with Crippen LogP contribution in [0.3, 0.4) is 0 Å². The number of aryl methyl sites for hydroxylation is 1. The van der Waals surface area contributed by atoms with Crippen molar-refractivity contribution in [3.63, 3.8) is 0 Å². The van der Waals surface area contributed by atoms with Crippen molar-refractivity contribution in [2.75, 3.05) is 24.6 Å². The van der Waals surface area contributed by atoms with Gasteiger partial charge in [-0.2, -0.15) is 0 Å². The van der Waals surface area contributed by atoms with Crippen molar-refractivity contribution in [2.24, 2.45) is 4.99 Å². The molecule has 7 nitrogen and oxygen atoms in total. The van der Waals surface area contributed by atoms with Gasteiger partial charge in [-0.3, -0.25) is 19.9 Å². The third-order valence-corrected chi connectivity index (χ3v) is 4.41. The maximum atomic E-state index is 12.6. The molecule has 0 atom stereocenters. The molecule has 0 radical (unpaired) electrons. The van der Waals surface area contributed by atoms with Crippen LogP contribution in [0.1, 0.15) is 11.1 Å². The zero-order valence-corrected chi connectivity index (χ0v) is 14.8. The second-order valence-electron chi connectivity index (χ2n) is 5.78. The third kappa shape index (κ3) is 3.83. The summed E-state index contributed by atoms with van der Waals surface area (Å²) in [5.41, 5.74) is 1.93. The fraction of sp³-hybridized carbons (Fsp3) is 0.222. The first-order valence-electron chi connectivity index (χ1n) is 7.93. The Labute approximate surface area is 155 Å². The van der Waals surface area contributed by atoms with Crippen molar-refractivity contribution in [3.8, 4) is 5.75 Å². The Balaban J connectivity index is 1.77. The first-order valence-corrected chi connectivity index (χ1v) is 8.31. The van der Waals surface area contributed by atoms with E-state index in [1.54, 1.807) is 30.5 Å². The predicted octanol–water partition coefficient (Wildman–Crippen LogP) is 3.40. The SMILES string of the molecule is Cc1cc(OCC(=O)N2CCN=Cc3cc([N+](=O)[O-])ccc32)ccc1Cl. The van der Waals surface area contributed by atoms with Crippen LogP contribution in [0.2, 0.25) is 5.02 Å². The largest absolute Gasteiger partial charge is 0.484 e. The Hall–Kier alpha value is -2.93. The van der Waals surface area contributed by atoms with Crippen LogP contribution < -0.4 is 9.64 Å². The summed E-state index contributed by atoms with van der Waals surface area (Å²) in [4.78, 5) is 28.8. The zero-order valence-electron chi connectivity index (χ0n) is 14.0. The Kier molecular flexibility index (Phi) is 5.18. The van der Waals surface area contributed by atoms with Crippen molar-refractivity contribution in [3.05, 3.63) is 62.7 Å². The second kappa shape index (κ2) is 7.53. The van der Waals surface area contributed by atoms with E-state index in [9.17, 15) is 14.9 Å². The van der Waals surface area contributed by atoms with E-state index in [0.717, 1.165) is 5.56 Å². The lowest BCUT2D eigenvalue weighted by Gasteiger charge is -2.22. The minimum atomic E-state index is -0.475. The van der Waals surface area contributed by atoms with E-state index >= 15 is 0 Å². The second-order valence-corrected chi connectivity index (χ2v) is 6.19. The van der Waals surface area contributed by atoms with Crippen LogP contribution in [0.25, 0.3) is 0 Å². The molecular weight excluding hydrogens is 358 g/mol. The van der Waals surface area contributed by atoms with Gasteiger partial charge in [0.25, 0.3) is 11.6 Å². The van der Waals surface area contributed by atoms with Crippen LogP contribution in [0.15, 0.2) is 41.4 Å². The van der Waals surface area contributed by atoms with Crippen LogP contribution in [0.5, 0.6) is 5.75 Å². The van der Waals surface area contributed by atoms with Crippen LogP contribution in [-0.4, -0.2) is 36.7 Å². The lowest BCUT2D eigenvalue weighted by Crippen LogP contribution is -2.36. The zero-order chi connectivity index (χ0) is 18.7. The van der Waals surface area contributed by atoms with Gasteiger partial charge >= 0.3 is 0 Å². The van der Waals surface area contributed by atoms with E-state index in [-0.39, 0.29) is 18.2 Å². The maximum absolute atomic E-state index is 12.6. The van der Waals surface area contributed by atoms with E-state index in [1.807, 2.05) is 6.92 Å². The molecule has 3 rings (SSSR count). The molecule has 0 spiro atoms. The number of carbonyl (C=O) groups excluding carboxylic acids is 1. The van der Waals surface area contributed by atoms with Gasteiger partial charge in [0.1, 0.15) is 5.75 Å². The molecule has 2 aromatic rings. The molecule has 8 heteroatoms. The number of benzodiazepines with no additional fused rings is 1. The van der Waals surface area contributed by atoms with Crippen molar-refractivity contribution in [1.29, 1.82) is 0 Å². The van der Waals surface area contributed by atoms with Gasteiger partial charge in [-0.15, -0.1) is 0 Å². The number of halogens is 1. The van der Waals surface area contributed by atoms with E-state index < -0.39 is 4.92 Å². The molecule has 2 aromatic carbocycles. The first-order chi connectivity index (χ1) is 12.5. The van der Waals surface area contributed by atoms with Gasteiger partial charge in [0.15, 0.2) is 6.61 Å². The van der Waals surface area contributed by atoms with Gasteiger partial charge < -0.3 is 9.64 Å². The average Bonchev–Trinajstić information content (AvgIpc) is 2.84. The molecule has 1 heterocycles. The lowest BCUT2D eigenvalue weighted by molar-refractivity contribution is -0.384. The molecule has 0 saturated heterocycles. The molecule has 0 saturated carbocycles. The summed E-state index contributed by atoms with van der Waals surface area (Å²) in [6.07, 6.45) is 1.55. The van der Waals surface area contributed by atoms with Crippen molar-refractivity contribution in [1.82, 2.24) is 0 Å². The minimum Gasteiger partial charge on any atom is -0.484 e. The normalized spacial score (nSPS) is 13.1. The molecule has 0 N–H and O–H groups in total. The number of nitro benzene ring substituents is 1. The van der Waals surface area contributed by atoms with E-state index in [1.165, 1.54) is 17.0 Å². The highest BCUT2D eigenvalue weighted by Gasteiger charge is 2.22. The van der Waals surface area contributed by atoms with Crippen molar-refractivity contribution in [2.45, 2.75) is 6.92 Å². The Bertz CT molecular complexity index is 898. The number of fused-ring (bicyclic) bond motifs is 1. The Morgan fingerprint density at radius 3 is 2.88 bits per heavy atom. The highest BCUT2D eigenvalue weighted by atomic mass is 35.5. The number of nitrogens with zero attached hydrogens (tertiary/aromatic N) is 3. The first kappa shape index (κ1) is 17.9. The lowest BCUT2D eigenvalue weighted by atomic mass is 10.1. The number of rotatable bonds is 4. The van der Waals surface area contributed by atoms with Gasteiger partial charge in [-0.05, 0) is 36.8 Å². The topological polar surface area (TPSA) is 85.0 Å². The number of hydrogen-bond donors (Lipinski definition) is 0. The number of benzene rings is 2. The van der Waals surface area contributed by atoms with Gasteiger partial charge in [-0.1, -0.05) is 11.6 Å². The number of amides is 1. The third-order valence-electron chi connectivity index (χ3n) is 3.99. The van der Waals surface area contributed by atoms with Crippen LogP contribution in [0, 0.1) is 17.0 Å². The summed E-state index contributed by atoms with van der Waals surface area (Å²) < 4.78 is 5.58. The highest BCUT2D eigenvalue weighted by molar-refractivity contribution is 6.31. The van der Waals surface area contributed by atoms with Crippen molar-refractivity contribution < 1.29 is 14.5 Å². The molecule has 1 aliphatic rings. The van der Waals surface area contributed by atoms with Crippen LogP contribution >= 0.6 is 11.6 Å². The Morgan fingerprint density at radius 2 is 2.15 bits per heavy atom. The van der Waals surface area contributed by atoms with E-state index in [0.29, 0.717) is 35.1 Å². The fourth-order valence-corrected chi connectivity index (χ4v) is 2.75. The average molecular weight is 374 g/mol. The molecular formula is C18H16ClN3O4. The fourth-order valence-electron chi connectivity index (χ4n) is 2.63. The summed E-state index contributed by atoms with van der Waals surface area (Å²) >= 11 is 5.98. The van der Waals surface area contributed by atoms with Crippen LogP contribution in [0.4, 0.5) is 11.4 Å². The number of non-ortho nitro benzene ring substituents is 1. The maximum Gasteiger partial charge on any atom is 0.270 e. The quantitative estimate of drug-likeness (QED) is 0.607. The van der Waals surface area contributed by atoms with E-state index in [4.69, 9.17) is 16.3 Å². The molecule has 26 heavy (non-hydrogen) atoms. The molecule has 1 aliphatic heterocycles. The minimum absolute atomic E-state index is 0.0441. The number of anilines is 1. The molecule has 0 aromatic heterocycles. The van der Waals surface area contributed by atoms with E-state index in [2.05, 4.69) is 4.99 Å². The molecule has 0 aliphatic carbocycles. The number of nitro groups is 1. The number of carbonyl (C=O) groups is 1. The summed E-state index contributed by atoms with van der Waals surface area (Å²) in [6, 6.07) is 9.53. The van der Waals surface area contributed by atoms with Gasteiger partial charge in [0.05, 0.1) is 17.2 Å². The molecule has 1 amide bonds. The summed E-state index contributed by atoms with van der Waals surface area (Å²) in [5, 5.41) is 11.6. The predicted molar refractivity (Wildman–Crippen MR) is 99.6 cm³/mol.